The minimum Gasteiger partial charge on any atom is -0.326 e. The first-order chi connectivity index (χ1) is 13.0. The molecule has 2 aromatic heterocycles. The predicted molar refractivity (Wildman–Crippen MR) is 99.9 cm³/mol. The molecule has 0 fully saturated rings. The van der Waals surface area contributed by atoms with E-state index in [4.69, 9.17) is 0 Å². The zero-order chi connectivity index (χ0) is 19.3. The number of carbonyl (C=O) groups excluding carboxylic acids is 1. The summed E-state index contributed by atoms with van der Waals surface area (Å²) < 4.78 is 29.2. The molecular formula is C17H18N6O3S. The summed E-state index contributed by atoms with van der Waals surface area (Å²) in [6, 6.07) is 7.42. The Hall–Kier alpha value is -3.27. The fourth-order valence-corrected chi connectivity index (χ4v) is 3.30. The van der Waals surface area contributed by atoms with Gasteiger partial charge < -0.3 is 5.32 Å². The molecule has 1 amide bonds. The van der Waals surface area contributed by atoms with Gasteiger partial charge in [-0.2, -0.15) is 0 Å². The Balaban J connectivity index is 1.75. The molecule has 3 aromatic rings. The van der Waals surface area contributed by atoms with Crippen LogP contribution in [0, 0.1) is 0 Å². The predicted octanol–water partition coefficient (Wildman–Crippen LogP) is 2.20. The van der Waals surface area contributed by atoms with Crippen LogP contribution in [0.4, 0.5) is 11.5 Å². The molecule has 1 aromatic carbocycles. The molecule has 0 saturated heterocycles. The number of hydrogen-bond donors (Lipinski definition) is 2. The monoisotopic (exact) mass is 386 g/mol. The lowest BCUT2D eigenvalue weighted by molar-refractivity contribution is -0.116. The van der Waals surface area contributed by atoms with Crippen LogP contribution in [0.2, 0.25) is 0 Å². The van der Waals surface area contributed by atoms with E-state index in [0.29, 0.717) is 17.9 Å². The highest BCUT2D eigenvalue weighted by Crippen LogP contribution is 2.18. The van der Waals surface area contributed by atoms with Crippen molar-refractivity contribution in [1.29, 1.82) is 0 Å². The summed E-state index contributed by atoms with van der Waals surface area (Å²) in [5, 5.41) is 2.71. The number of nitrogens with zero attached hydrogens (tertiary/aromatic N) is 4. The molecule has 2 N–H and O–H groups in total. The van der Waals surface area contributed by atoms with E-state index in [-0.39, 0.29) is 16.6 Å². The lowest BCUT2D eigenvalue weighted by Crippen LogP contribution is -2.15. The summed E-state index contributed by atoms with van der Waals surface area (Å²) in [4.78, 5) is 23.6. The highest BCUT2D eigenvalue weighted by Gasteiger charge is 2.15. The normalized spacial score (nSPS) is 11.1. The van der Waals surface area contributed by atoms with E-state index >= 15 is 0 Å². The third-order valence-corrected chi connectivity index (χ3v) is 4.96. The van der Waals surface area contributed by atoms with Crippen molar-refractivity contribution in [3.63, 3.8) is 0 Å². The Morgan fingerprint density at radius 1 is 1.19 bits per heavy atom. The van der Waals surface area contributed by atoms with Crippen LogP contribution < -0.4 is 10.0 Å². The van der Waals surface area contributed by atoms with E-state index in [0.717, 1.165) is 6.42 Å². The van der Waals surface area contributed by atoms with Crippen molar-refractivity contribution in [3.8, 4) is 5.82 Å². The maximum Gasteiger partial charge on any atom is 0.263 e. The van der Waals surface area contributed by atoms with Gasteiger partial charge in [0, 0.05) is 30.6 Å². The third-order valence-electron chi connectivity index (χ3n) is 3.59. The van der Waals surface area contributed by atoms with Gasteiger partial charge in [0.05, 0.1) is 4.90 Å². The summed E-state index contributed by atoms with van der Waals surface area (Å²) in [5.41, 5.74) is 0.539. The molecule has 0 aliphatic rings. The topological polar surface area (TPSA) is 119 Å². The van der Waals surface area contributed by atoms with Crippen molar-refractivity contribution in [2.24, 2.45) is 0 Å². The molecule has 140 valence electrons. The summed E-state index contributed by atoms with van der Waals surface area (Å²) in [6.45, 7) is 1.91. The van der Waals surface area contributed by atoms with Crippen LogP contribution in [0.1, 0.15) is 19.8 Å². The molecule has 27 heavy (non-hydrogen) atoms. The highest BCUT2D eigenvalue weighted by molar-refractivity contribution is 7.92. The molecule has 0 saturated carbocycles. The van der Waals surface area contributed by atoms with Gasteiger partial charge in [0.2, 0.25) is 5.91 Å². The van der Waals surface area contributed by atoms with Gasteiger partial charge in [0.15, 0.2) is 0 Å². The first-order valence-electron chi connectivity index (χ1n) is 8.21. The van der Waals surface area contributed by atoms with Gasteiger partial charge >= 0.3 is 0 Å². The number of sulfonamides is 1. The average Bonchev–Trinajstić information content (AvgIpc) is 3.17. The van der Waals surface area contributed by atoms with E-state index in [1.807, 2.05) is 6.92 Å². The van der Waals surface area contributed by atoms with Crippen molar-refractivity contribution in [2.75, 3.05) is 10.0 Å². The second-order valence-electron chi connectivity index (χ2n) is 5.66. The van der Waals surface area contributed by atoms with Crippen LogP contribution in [0.15, 0.2) is 60.3 Å². The molecule has 9 nitrogen and oxygen atoms in total. The third kappa shape index (κ3) is 4.67. The van der Waals surface area contributed by atoms with Crippen LogP contribution >= 0.6 is 0 Å². The molecule has 0 aliphatic heterocycles. The molecule has 10 heteroatoms. The zero-order valence-corrected chi connectivity index (χ0v) is 15.3. The van der Waals surface area contributed by atoms with Crippen molar-refractivity contribution < 1.29 is 13.2 Å². The van der Waals surface area contributed by atoms with E-state index in [1.165, 1.54) is 24.5 Å². The molecule has 0 spiro atoms. The second kappa shape index (κ2) is 7.96. The van der Waals surface area contributed by atoms with Crippen LogP contribution in [-0.4, -0.2) is 33.8 Å². The molecule has 0 unspecified atom stereocenters. The number of imidazole rings is 1. The number of amides is 1. The van der Waals surface area contributed by atoms with E-state index in [1.54, 1.807) is 35.4 Å². The first kappa shape index (κ1) is 18.5. The smallest absolute Gasteiger partial charge is 0.263 e. The largest absolute Gasteiger partial charge is 0.326 e. The highest BCUT2D eigenvalue weighted by atomic mass is 32.2. The Labute approximate surface area is 156 Å². The van der Waals surface area contributed by atoms with E-state index < -0.39 is 10.0 Å². The zero-order valence-electron chi connectivity index (χ0n) is 14.5. The number of benzene rings is 1. The Bertz CT molecular complexity index is 1020. The van der Waals surface area contributed by atoms with Gasteiger partial charge in [-0.25, -0.2) is 23.4 Å². The van der Waals surface area contributed by atoms with Crippen LogP contribution in [0.5, 0.6) is 0 Å². The van der Waals surface area contributed by atoms with E-state index in [9.17, 15) is 13.2 Å². The molecule has 0 aliphatic carbocycles. The van der Waals surface area contributed by atoms with Gasteiger partial charge in [0.25, 0.3) is 10.0 Å². The molecule has 0 radical (unpaired) electrons. The Kier molecular flexibility index (Phi) is 5.46. The molecule has 0 bridgehead atoms. The molecular weight excluding hydrogens is 368 g/mol. The Morgan fingerprint density at radius 3 is 2.63 bits per heavy atom. The number of rotatable bonds is 7. The molecule has 2 heterocycles. The quantitative estimate of drug-likeness (QED) is 0.642. The number of hydrogen-bond acceptors (Lipinski definition) is 6. The minimum absolute atomic E-state index is 0.0544. The maximum atomic E-state index is 12.6. The summed E-state index contributed by atoms with van der Waals surface area (Å²) in [6.07, 6.45) is 7.24. The van der Waals surface area contributed by atoms with Gasteiger partial charge in [-0.05, 0) is 30.7 Å². The van der Waals surface area contributed by atoms with Gasteiger partial charge in [0.1, 0.15) is 24.3 Å². The number of carbonyl (C=O) groups is 1. The fourth-order valence-electron chi connectivity index (χ4n) is 2.30. The van der Waals surface area contributed by atoms with Crippen molar-refractivity contribution in [1.82, 2.24) is 19.5 Å². The standard InChI is InChI=1S/C17H18N6O3S/c1-2-3-17(24)21-13-4-6-14(7-5-13)27(25,26)22-15-10-16(20-11-19-15)23-9-8-18-12-23/h4-12H,2-3H2,1H3,(H,21,24)(H,19,20,22). The van der Waals surface area contributed by atoms with Gasteiger partial charge in [-0.3, -0.25) is 14.1 Å². The Morgan fingerprint density at radius 2 is 1.96 bits per heavy atom. The summed E-state index contributed by atoms with van der Waals surface area (Å²) in [7, 11) is -3.83. The van der Waals surface area contributed by atoms with Crippen LogP contribution in [0.3, 0.4) is 0 Å². The fraction of sp³-hybridized carbons (Fsp3) is 0.176. The summed E-state index contributed by atoms with van der Waals surface area (Å²) >= 11 is 0. The van der Waals surface area contributed by atoms with Crippen LogP contribution in [0.25, 0.3) is 5.82 Å². The maximum absolute atomic E-state index is 12.6. The van der Waals surface area contributed by atoms with Crippen molar-refractivity contribution in [2.45, 2.75) is 24.7 Å². The number of aromatic nitrogens is 4. The van der Waals surface area contributed by atoms with E-state index in [2.05, 4.69) is 25.0 Å². The first-order valence-corrected chi connectivity index (χ1v) is 9.69. The van der Waals surface area contributed by atoms with Crippen molar-refractivity contribution >= 4 is 27.4 Å². The SMILES string of the molecule is CCCC(=O)Nc1ccc(S(=O)(=O)Nc2cc(-n3ccnc3)ncn2)cc1. The second-order valence-corrected chi connectivity index (χ2v) is 7.34. The molecule has 3 rings (SSSR count). The average molecular weight is 386 g/mol. The minimum atomic E-state index is -3.83. The molecule has 0 atom stereocenters. The van der Waals surface area contributed by atoms with Crippen molar-refractivity contribution in [3.05, 3.63) is 55.4 Å². The summed E-state index contributed by atoms with van der Waals surface area (Å²) in [5.74, 6) is 0.502. The van der Waals surface area contributed by atoms with Gasteiger partial charge in [-0.1, -0.05) is 6.92 Å². The lowest BCUT2D eigenvalue weighted by Gasteiger charge is -2.09. The van der Waals surface area contributed by atoms with Gasteiger partial charge in [-0.15, -0.1) is 0 Å². The van der Waals surface area contributed by atoms with Crippen LogP contribution in [-0.2, 0) is 14.8 Å². The number of anilines is 2. The number of nitrogens with one attached hydrogen (secondary N) is 2. The lowest BCUT2D eigenvalue weighted by atomic mass is 10.3.